The number of hydrogen-bond donors (Lipinski definition) is 2. The van der Waals surface area contributed by atoms with E-state index in [2.05, 4.69) is 17.2 Å². The number of amides is 2. The Hall–Kier alpha value is -7.63. The van der Waals surface area contributed by atoms with Gasteiger partial charge in [-0.3, -0.25) is 28.9 Å². The molecular formula is C52H47N3O11. The first-order chi connectivity index (χ1) is 32.0. The molecule has 4 aliphatic rings. The molecule has 5 aromatic rings. The van der Waals surface area contributed by atoms with Crippen LogP contribution in [-0.2, 0) is 56.6 Å². The number of benzene rings is 5. The third-order valence-electron chi connectivity index (χ3n) is 13.3. The molecule has 66 heavy (non-hydrogen) atoms. The van der Waals surface area contributed by atoms with Gasteiger partial charge in [0.1, 0.15) is 23.3 Å². The molecule has 0 radical (unpaired) electrons. The molecule has 9 rings (SSSR count). The minimum Gasteiger partial charge on any atom is -0.508 e. The molecule has 0 bridgehead atoms. The molecule has 1 spiro atoms. The number of nitrogens with one attached hydrogen (secondary N) is 1. The van der Waals surface area contributed by atoms with Crippen LogP contribution in [0.5, 0.6) is 17.2 Å². The lowest BCUT2D eigenvalue weighted by atomic mass is 9.65. The number of cyclic esters (lactones) is 1. The summed E-state index contributed by atoms with van der Waals surface area (Å²) in [5.41, 5.74) is 3.30. The molecule has 4 heterocycles. The maximum Gasteiger partial charge on any atom is 0.324 e. The zero-order valence-corrected chi connectivity index (χ0v) is 36.7. The summed E-state index contributed by atoms with van der Waals surface area (Å²) in [5.74, 6) is 1.14. The van der Waals surface area contributed by atoms with Crippen molar-refractivity contribution in [1.29, 1.82) is 0 Å². The van der Waals surface area contributed by atoms with Crippen LogP contribution in [0.4, 0.5) is 5.69 Å². The first-order valence-electron chi connectivity index (χ1n) is 21.5. The zero-order valence-electron chi connectivity index (χ0n) is 36.7. The number of anilines is 1. The van der Waals surface area contributed by atoms with Gasteiger partial charge < -0.3 is 39.0 Å². The van der Waals surface area contributed by atoms with Crippen molar-refractivity contribution >= 4 is 35.4 Å². The quantitative estimate of drug-likeness (QED) is 0.0771. The summed E-state index contributed by atoms with van der Waals surface area (Å²) in [7, 11) is 5.45. The van der Waals surface area contributed by atoms with Crippen molar-refractivity contribution in [3.8, 4) is 29.1 Å². The Kier molecular flexibility index (Phi) is 11.7. The van der Waals surface area contributed by atoms with Gasteiger partial charge in [-0.15, -0.1) is 0 Å². The van der Waals surface area contributed by atoms with Gasteiger partial charge in [-0.1, -0.05) is 84.6 Å². The molecule has 14 heteroatoms. The normalized spacial score (nSPS) is 22.8. The van der Waals surface area contributed by atoms with Crippen molar-refractivity contribution in [3.63, 3.8) is 0 Å². The third kappa shape index (κ3) is 7.25. The van der Waals surface area contributed by atoms with Gasteiger partial charge in [0.15, 0.2) is 17.4 Å². The lowest BCUT2D eigenvalue weighted by Crippen LogP contribution is -2.56. The molecule has 2 fully saturated rings. The van der Waals surface area contributed by atoms with Crippen molar-refractivity contribution in [2.45, 2.75) is 49.0 Å². The Balaban J connectivity index is 1.27. The predicted molar refractivity (Wildman–Crippen MR) is 239 cm³/mol. The van der Waals surface area contributed by atoms with Crippen molar-refractivity contribution < 1.29 is 52.8 Å². The van der Waals surface area contributed by atoms with Crippen molar-refractivity contribution in [2.75, 3.05) is 40.3 Å². The first-order valence-corrected chi connectivity index (χ1v) is 21.5. The number of esters is 3. The fourth-order valence-electron chi connectivity index (χ4n) is 10.4. The number of rotatable bonds is 9. The van der Waals surface area contributed by atoms with Crippen molar-refractivity contribution in [1.82, 2.24) is 9.80 Å². The van der Waals surface area contributed by atoms with Crippen molar-refractivity contribution in [3.05, 3.63) is 154 Å². The molecule has 6 atom stereocenters. The zero-order chi connectivity index (χ0) is 46.3. The molecule has 14 nitrogen and oxygen atoms in total. The Bertz CT molecular complexity index is 2770. The van der Waals surface area contributed by atoms with Gasteiger partial charge in [0.2, 0.25) is 11.8 Å². The number of nitrogens with zero attached hydrogens (tertiary/aromatic N) is 2. The molecular weight excluding hydrogens is 843 g/mol. The highest BCUT2D eigenvalue weighted by Gasteiger charge is 2.74. The van der Waals surface area contributed by atoms with Crippen LogP contribution in [0, 0.1) is 23.7 Å². The monoisotopic (exact) mass is 889 g/mol. The SMILES string of the molecule is COC(=O)C(CC#Cc1ccc2c(c1)[C@]1(C(=O)N2)[C@H](C(=O)N2CCc3cc(OC)c(OC)cc3C2)[C@H]2C(=O)O[C@H](c3ccccc3)[C@H](c3ccccc3)N2[C@@H]1c1ccc(O)cc1)C(=O)OC. The summed E-state index contributed by atoms with van der Waals surface area (Å²) in [4.78, 5) is 75.7. The topological polar surface area (TPSA) is 170 Å². The van der Waals surface area contributed by atoms with Crippen LogP contribution < -0.4 is 14.8 Å². The van der Waals surface area contributed by atoms with Gasteiger partial charge in [0.05, 0.1) is 46.4 Å². The molecule has 2 saturated heterocycles. The number of aromatic hydroxyl groups is 1. The first kappa shape index (κ1) is 43.6. The second-order valence-corrected chi connectivity index (χ2v) is 16.7. The Morgan fingerprint density at radius 2 is 1.42 bits per heavy atom. The van der Waals surface area contributed by atoms with E-state index in [4.69, 9.17) is 23.7 Å². The van der Waals surface area contributed by atoms with E-state index in [-0.39, 0.29) is 25.3 Å². The summed E-state index contributed by atoms with van der Waals surface area (Å²) >= 11 is 0. The highest BCUT2D eigenvalue weighted by Crippen LogP contribution is 2.65. The second-order valence-electron chi connectivity index (χ2n) is 16.7. The molecule has 0 aliphatic carbocycles. The van der Waals surface area contributed by atoms with Gasteiger partial charge in [-0.25, -0.2) is 0 Å². The van der Waals surface area contributed by atoms with E-state index in [0.29, 0.717) is 40.3 Å². The fourth-order valence-corrected chi connectivity index (χ4v) is 10.4. The van der Waals surface area contributed by atoms with Crippen LogP contribution in [0.3, 0.4) is 0 Å². The summed E-state index contributed by atoms with van der Waals surface area (Å²) in [6, 6.07) is 31.3. The largest absolute Gasteiger partial charge is 0.508 e. The van der Waals surface area contributed by atoms with Gasteiger partial charge in [0, 0.05) is 30.8 Å². The number of phenolic OH excluding ortho intramolecular Hbond substituents is 1. The molecule has 0 aromatic heterocycles. The van der Waals surface area contributed by atoms with Crippen LogP contribution >= 0.6 is 0 Å². The third-order valence-corrected chi connectivity index (χ3v) is 13.3. The molecule has 4 aliphatic heterocycles. The van der Waals surface area contributed by atoms with E-state index < -0.39 is 71.2 Å². The Morgan fingerprint density at radius 1 is 0.788 bits per heavy atom. The van der Waals surface area contributed by atoms with E-state index in [1.807, 2.05) is 77.7 Å². The van der Waals surface area contributed by atoms with E-state index in [1.54, 1.807) is 49.5 Å². The maximum atomic E-state index is 16.0. The lowest BCUT2D eigenvalue weighted by Gasteiger charge is -2.46. The smallest absolute Gasteiger partial charge is 0.324 e. The van der Waals surface area contributed by atoms with Crippen LogP contribution in [0.15, 0.2) is 115 Å². The molecule has 0 unspecified atom stereocenters. The lowest BCUT2D eigenvalue weighted by molar-refractivity contribution is -0.179. The maximum absolute atomic E-state index is 16.0. The minimum absolute atomic E-state index is 0.0140. The number of phenols is 1. The molecule has 336 valence electrons. The highest BCUT2D eigenvalue weighted by molar-refractivity contribution is 6.12. The molecule has 2 amide bonds. The fraction of sp³-hybridized carbons (Fsp3) is 0.288. The highest BCUT2D eigenvalue weighted by atomic mass is 16.6. The van der Waals surface area contributed by atoms with Gasteiger partial charge in [-0.05, 0) is 82.3 Å². The average Bonchev–Trinajstić information content (AvgIpc) is 3.83. The number of carbonyl (C=O) groups excluding carboxylic acids is 5. The molecule has 0 saturated carbocycles. The predicted octanol–water partition coefficient (Wildman–Crippen LogP) is 5.97. The number of morpholine rings is 1. The van der Waals surface area contributed by atoms with E-state index in [9.17, 15) is 14.7 Å². The van der Waals surface area contributed by atoms with Gasteiger partial charge in [-0.2, -0.15) is 0 Å². The molecule has 2 N–H and O–H groups in total. The minimum atomic E-state index is -1.82. The number of fused-ring (bicyclic) bond motifs is 4. The second kappa shape index (κ2) is 17.7. The Morgan fingerprint density at radius 3 is 2.06 bits per heavy atom. The van der Waals surface area contributed by atoms with E-state index >= 15 is 14.4 Å². The van der Waals surface area contributed by atoms with Crippen LogP contribution in [0.2, 0.25) is 0 Å². The summed E-state index contributed by atoms with van der Waals surface area (Å²) in [5, 5.41) is 13.8. The number of hydrogen-bond acceptors (Lipinski definition) is 12. The Labute approximate surface area is 381 Å². The van der Waals surface area contributed by atoms with Gasteiger partial charge in [0.25, 0.3) is 0 Å². The number of carbonyl (C=O) groups is 5. The summed E-state index contributed by atoms with van der Waals surface area (Å²) in [6.45, 7) is 0.429. The van der Waals surface area contributed by atoms with Gasteiger partial charge >= 0.3 is 17.9 Å². The van der Waals surface area contributed by atoms with Crippen LogP contribution in [-0.4, -0.2) is 85.7 Å². The van der Waals surface area contributed by atoms with Crippen LogP contribution in [0.1, 0.15) is 63.6 Å². The number of methoxy groups -OCH3 is 4. The van der Waals surface area contributed by atoms with Crippen molar-refractivity contribution in [2.24, 2.45) is 11.8 Å². The summed E-state index contributed by atoms with van der Waals surface area (Å²) in [6.07, 6.45) is -0.624. The summed E-state index contributed by atoms with van der Waals surface area (Å²) < 4.78 is 27.5. The van der Waals surface area contributed by atoms with E-state index in [0.717, 1.165) is 22.3 Å². The average molecular weight is 890 g/mol. The standard InChI is InChI=1S/C52H47N3O11/c1-62-40-27-34-24-25-54(29-35(34)28-41(40)63-2)47(57)42-44-50(60)66-45(32-15-9-6-10-16-32)43(31-13-7-5-8-14-31)55(44)46(33-19-21-36(56)22-20-33)52(42)38-26-30(18-23-39(38)53-51(52)61)12-11-17-37(48(58)64-3)49(59)65-4/h5-10,13-16,18-23,26-28,37,42-46,56H,17,24-25,29H2,1-4H3,(H,53,61)/t42-,43-,44-,45+,46+,52-/m0/s1. The molecule has 5 aromatic carbocycles. The van der Waals surface area contributed by atoms with E-state index in [1.165, 1.54) is 26.4 Å². The number of ether oxygens (including phenoxy) is 5. The van der Waals surface area contributed by atoms with Crippen LogP contribution in [0.25, 0.3) is 0 Å².